The number of hydrogen-bond donors (Lipinski definition) is 1. The number of halogens is 1. The van der Waals surface area contributed by atoms with E-state index in [-0.39, 0.29) is 0 Å². The van der Waals surface area contributed by atoms with E-state index in [1.807, 2.05) is 12.1 Å². The number of hydrogen-bond acceptors (Lipinski definition) is 3. The molecule has 3 unspecified atom stereocenters. The van der Waals surface area contributed by atoms with Crippen LogP contribution in [0.1, 0.15) is 33.6 Å². The number of ether oxygens (including phenoxy) is 1. The van der Waals surface area contributed by atoms with E-state index in [0.29, 0.717) is 23.0 Å². The highest BCUT2D eigenvalue weighted by Gasteiger charge is 2.32. The van der Waals surface area contributed by atoms with Crippen LogP contribution in [0, 0.1) is 5.92 Å². The zero-order chi connectivity index (χ0) is 15.4. The molecule has 0 spiro atoms. The second kappa shape index (κ2) is 7.37. The number of piperidine rings is 1. The van der Waals surface area contributed by atoms with Crippen molar-refractivity contribution < 1.29 is 4.74 Å². The molecular formula is C17H27ClN2O. The maximum atomic E-state index is 6.13. The second-order valence-electron chi connectivity index (χ2n) is 5.96. The first kappa shape index (κ1) is 16.4. The maximum absolute atomic E-state index is 6.13. The Labute approximate surface area is 133 Å². The highest BCUT2D eigenvalue weighted by atomic mass is 35.5. The van der Waals surface area contributed by atoms with Gasteiger partial charge in [-0.25, -0.2) is 0 Å². The van der Waals surface area contributed by atoms with Crippen LogP contribution >= 0.6 is 11.6 Å². The van der Waals surface area contributed by atoms with E-state index < -0.39 is 0 Å². The van der Waals surface area contributed by atoms with Crippen LogP contribution in [-0.2, 0) is 0 Å². The van der Waals surface area contributed by atoms with E-state index >= 15 is 0 Å². The predicted octanol–water partition coefficient (Wildman–Crippen LogP) is 3.95. The standard InChI is InChI=1S/C17H27ClN2O/c1-5-9-19-16-8-10-20(13(3)12(16)2)14-6-7-15(18)17(11-14)21-4/h6-7,11-13,16,19H,5,8-10H2,1-4H3. The van der Waals surface area contributed by atoms with Gasteiger partial charge in [-0.1, -0.05) is 25.4 Å². The van der Waals surface area contributed by atoms with E-state index in [4.69, 9.17) is 16.3 Å². The molecule has 1 aliphatic rings. The van der Waals surface area contributed by atoms with Gasteiger partial charge in [0.15, 0.2) is 0 Å². The van der Waals surface area contributed by atoms with Gasteiger partial charge in [0.1, 0.15) is 5.75 Å². The number of rotatable bonds is 5. The summed E-state index contributed by atoms with van der Waals surface area (Å²) in [5.74, 6) is 1.37. The zero-order valence-corrected chi connectivity index (χ0v) is 14.3. The third kappa shape index (κ3) is 3.64. The van der Waals surface area contributed by atoms with Crippen molar-refractivity contribution in [3.63, 3.8) is 0 Å². The number of anilines is 1. The summed E-state index contributed by atoms with van der Waals surface area (Å²) in [6, 6.07) is 7.18. The molecule has 1 aromatic rings. The zero-order valence-electron chi connectivity index (χ0n) is 13.5. The molecule has 0 saturated carbocycles. The Balaban J connectivity index is 2.12. The molecule has 3 nitrogen and oxygen atoms in total. The molecule has 1 aromatic carbocycles. The molecule has 1 N–H and O–H groups in total. The molecule has 4 heteroatoms. The molecule has 0 amide bonds. The number of benzene rings is 1. The lowest BCUT2D eigenvalue weighted by Crippen LogP contribution is -2.53. The Kier molecular flexibility index (Phi) is 5.77. The lowest BCUT2D eigenvalue weighted by Gasteiger charge is -2.44. The van der Waals surface area contributed by atoms with Crippen molar-refractivity contribution in [2.45, 2.75) is 45.7 Å². The van der Waals surface area contributed by atoms with Crippen LogP contribution in [0.4, 0.5) is 5.69 Å². The Morgan fingerprint density at radius 2 is 2.14 bits per heavy atom. The summed E-state index contributed by atoms with van der Waals surface area (Å²) in [5, 5.41) is 4.35. The smallest absolute Gasteiger partial charge is 0.139 e. The Morgan fingerprint density at radius 3 is 2.81 bits per heavy atom. The van der Waals surface area contributed by atoms with E-state index in [1.54, 1.807) is 7.11 Å². The highest BCUT2D eigenvalue weighted by Crippen LogP contribution is 2.34. The fraction of sp³-hybridized carbons (Fsp3) is 0.647. The summed E-state index contributed by atoms with van der Waals surface area (Å²) in [4.78, 5) is 2.47. The molecule has 21 heavy (non-hydrogen) atoms. The van der Waals surface area contributed by atoms with Gasteiger partial charge in [-0.15, -0.1) is 0 Å². The number of methoxy groups -OCH3 is 1. The monoisotopic (exact) mass is 310 g/mol. The quantitative estimate of drug-likeness (QED) is 0.891. The summed E-state index contributed by atoms with van der Waals surface area (Å²) in [6.07, 6.45) is 2.37. The van der Waals surface area contributed by atoms with Gasteiger partial charge in [0, 0.05) is 30.4 Å². The van der Waals surface area contributed by atoms with Crippen molar-refractivity contribution in [2.75, 3.05) is 25.1 Å². The minimum atomic E-state index is 0.499. The Bertz CT molecular complexity index is 466. The van der Waals surface area contributed by atoms with Crippen molar-refractivity contribution in [3.05, 3.63) is 23.2 Å². The van der Waals surface area contributed by atoms with Crippen LogP contribution in [0.15, 0.2) is 18.2 Å². The molecule has 0 bridgehead atoms. The van der Waals surface area contributed by atoms with Gasteiger partial charge in [-0.05, 0) is 44.4 Å². The third-order valence-electron chi connectivity index (χ3n) is 4.69. The predicted molar refractivity (Wildman–Crippen MR) is 90.7 cm³/mol. The second-order valence-corrected chi connectivity index (χ2v) is 6.37. The van der Waals surface area contributed by atoms with Crippen LogP contribution in [0.25, 0.3) is 0 Å². The summed E-state index contributed by atoms with van der Waals surface area (Å²) >= 11 is 6.13. The molecule has 118 valence electrons. The van der Waals surface area contributed by atoms with Crippen molar-refractivity contribution in [1.29, 1.82) is 0 Å². The summed E-state index contributed by atoms with van der Waals surface area (Å²) in [6.45, 7) is 9.05. The van der Waals surface area contributed by atoms with Crippen molar-refractivity contribution >= 4 is 17.3 Å². The van der Waals surface area contributed by atoms with Crippen LogP contribution in [0.2, 0.25) is 5.02 Å². The van der Waals surface area contributed by atoms with Crippen LogP contribution in [0.5, 0.6) is 5.75 Å². The number of nitrogens with one attached hydrogen (secondary N) is 1. The minimum Gasteiger partial charge on any atom is -0.495 e. The van der Waals surface area contributed by atoms with E-state index in [1.165, 1.54) is 18.5 Å². The molecule has 2 rings (SSSR count). The first-order chi connectivity index (χ1) is 10.1. The summed E-state index contributed by atoms with van der Waals surface area (Å²) in [5.41, 5.74) is 1.20. The SMILES string of the molecule is CCCNC1CCN(c2ccc(Cl)c(OC)c2)C(C)C1C. The molecule has 0 aliphatic carbocycles. The fourth-order valence-electron chi connectivity index (χ4n) is 3.17. The van der Waals surface area contributed by atoms with Gasteiger partial charge < -0.3 is 15.0 Å². The maximum Gasteiger partial charge on any atom is 0.139 e. The van der Waals surface area contributed by atoms with Gasteiger partial charge >= 0.3 is 0 Å². The minimum absolute atomic E-state index is 0.499. The lowest BCUT2D eigenvalue weighted by atomic mass is 9.86. The molecular weight excluding hydrogens is 284 g/mol. The van der Waals surface area contributed by atoms with Gasteiger partial charge in [-0.2, -0.15) is 0 Å². The summed E-state index contributed by atoms with van der Waals surface area (Å²) < 4.78 is 5.34. The van der Waals surface area contributed by atoms with Gasteiger partial charge in [0.2, 0.25) is 0 Å². The van der Waals surface area contributed by atoms with Crippen molar-refractivity contribution in [2.24, 2.45) is 5.92 Å². The average Bonchev–Trinajstić information content (AvgIpc) is 2.49. The van der Waals surface area contributed by atoms with Gasteiger partial charge in [-0.3, -0.25) is 0 Å². The van der Waals surface area contributed by atoms with Crippen LogP contribution in [-0.4, -0.2) is 32.3 Å². The van der Waals surface area contributed by atoms with E-state index in [9.17, 15) is 0 Å². The highest BCUT2D eigenvalue weighted by molar-refractivity contribution is 6.32. The molecule has 1 heterocycles. The molecule has 0 radical (unpaired) electrons. The van der Waals surface area contributed by atoms with Gasteiger partial charge in [0.25, 0.3) is 0 Å². The molecule has 1 fully saturated rings. The molecule has 1 aliphatic heterocycles. The lowest BCUT2D eigenvalue weighted by molar-refractivity contribution is 0.271. The van der Waals surface area contributed by atoms with Crippen molar-refractivity contribution in [3.8, 4) is 5.75 Å². The Morgan fingerprint density at radius 1 is 1.38 bits per heavy atom. The Hall–Kier alpha value is -0.930. The molecule has 1 saturated heterocycles. The average molecular weight is 311 g/mol. The van der Waals surface area contributed by atoms with Gasteiger partial charge in [0.05, 0.1) is 12.1 Å². The van der Waals surface area contributed by atoms with E-state index in [0.717, 1.165) is 18.8 Å². The van der Waals surface area contributed by atoms with Crippen LogP contribution < -0.4 is 15.0 Å². The normalized spacial score (nSPS) is 26.0. The van der Waals surface area contributed by atoms with Crippen molar-refractivity contribution in [1.82, 2.24) is 5.32 Å². The topological polar surface area (TPSA) is 24.5 Å². The first-order valence-electron chi connectivity index (χ1n) is 7.92. The number of nitrogens with zero attached hydrogens (tertiary/aromatic N) is 1. The largest absolute Gasteiger partial charge is 0.495 e. The first-order valence-corrected chi connectivity index (χ1v) is 8.29. The third-order valence-corrected chi connectivity index (χ3v) is 5.00. The van der Waals surface area contributed by atoms with Crippen LogP contribution in [0.3, 0.4) is 0 Å². The summed E-state index contributed by atoms with van der Waals surface area (Å²) in [7, 11) is 1.66. The fourth-order valence-corrected chi connectivity index (χ4v) is 3.37. The van der Waals surface area contributed by atoms with E-state index in [2.05, 4.69) is 37.1 Å². The molecule has 3 atom stereocenters. The molecule has 0 aromatic heterocycles.